The zero-order chi connectivity index (χ0) is 12.2. The maximum Gasteiger partial charge on any atom is 0.307 e. The van der Waals surface area contributed by atoms with Gasteiger partial charge in [-0.1, -0.05) is 41.3 Å². The molecule has 0 aliphatic carbocycles. The van der Waals surface area contributed by atoms with Crippen molar-refractivity contribution in [2.24, 2.45) is 11.8 Å². The molecule has 15 heavy (non-hydrogen) atoms. The minimum atomic E-state index is -1.04. The summed E-state index contributed by atoms with van der Waals surface area (Å²) in [7, 11) is 2.06. The first-order valence-electron chi connectivity index (χ1n) is 4.61. The molecule has 0 aliphatic heterocycles. The van der Waals surface area contributed by atoms with Gasteiger partial charge in [-0.25, -0.2) is 0 Å². The van der Waals surface area contributed by atoms with Crippen molar-refractivity contribution < 1.29 is 19.8 Å². The van der Waals surface area contributed by atoms with Gasteiger partial charge in [-0.15, -0.1) is 0 Å². The molecule has 0 bridgehead atoms. The third kappa shape index (κ3) is 5.16. The molecule has 0 rings (SSSR count). The van der Waals surface area contributed by atoms with Crippen molar-refractivity contribution in [1.29, 1.82) is 0 Å². The van der Waals surface area contributed by atoms with Gasteiger partial charge in [0.25, 0.3) is 0 Å². The van der Waals surface area contributed by atoms with Crippen LogP contribution in [0.25, 0.3) is 0 Å². The molecule has 2 N–H and O–H groups in total. The summed E-state index contributed by atoms with van der Waals surface area (Å²) in [6.45, 7) is 3.43. The average Bonchev–Trinajstić information content (AvgIpc) is 2.11. The van der Waals surface area contributed by atoms with Gasteiger partial charge in [-0.2, -0.15) is 0 Å². The Kier molecular flexibility index (Phi) is 6.76. The molecule has 4 atom stereocenters. The maximum absolute atomic E-state index is 10.9. The van der Waals surface area contributed by atoms with Gasteiger partial charge in [0.2, 0.25) is 0 Å². The Morgan fingerprint density at radius 1 is 1.33 bits per heavy atom. The van der Waals surface area contributed by atoms with Crippen molar-refractivity contribution in [3.05, 3.63) is 0 Å². The molecular formula is C8H15BIO4P. The molecule has 0 fully saturated rings. The molecule has 0 amide bonds. The second kappa shape index (κ2) is 6.68. The number of hydrogen-bond acceptors (Lipinski definition) is 2. The largest absolute Gasteiger partial charge is 0.481 e. The quantitative estimate of drug-likeness (QED) is 0.436. The highest BCUT2D eigenvalue weighted by Gasteiger charge is 2.31. The van der Waals surface area contributed by atoms with E-state index in [1.165, 1.54) is 6.92 Å². The summed E-state index contributed by atoms with van der Waals surface area (Å²) in [5.74, 6) is -3.65. The van der Waals surface area contributed by atoms with Gasteiger partial charge >= 0.3 is 11.9 Å². The van der Waals surface area contributed by atoms with Crippen LogP contribution in [0, 0.1) is 11.8 Å². The van der Waals surface area contributed by atoms with Gasteiger partial charge in [0.05, 0.1) is 11.8 Å². The van der Waals surface area contributed by atoms with Crippen LogP contribution in [0.5, 0.6) is 0 Å². The molecule has 0 aromatic heterocycles. The zero-order valence-electron chi connectivity index (χ0n) is 8.98. The molecule has 0 saturated carbocycles. The van der Waals surface area contributed by atoms with Crippen molar-refractivity contribution in [2.45, 2.75) is 25.9 Å². The Hall–Kier alpha value is 0.165. The van der Waals surface area contributed by atoms with Crippen LogP contribution >= 0.6 is 27.5 Å². The summed E-state index contributed by atoms with van der Waals surface area (Å²) in [5, 5.41) is 17.8. The van der Waals surface area contributed by atoms with E-state index in [2.05, 4.69) is 29.6 Å². The fourth-order valence-electron chi connectivity index (χ4n) is 1.20. The molecule has 4 unspecified atom stereocenters. The first-order valence-corrected chi connectivity index (χ1v) is 9.26. The molecule has 0 radical (unpaired) electrons. The molecule has 7 heteroatoms. The summed E-state index contributed by atoms with van der Waals surface area (Å²) in [4.78, 5) is 21.7. The lowest BCUT2D eigenvalue weighted by atomic mass is 9.90. The third-order valence-corrected chi connectivity index (χ3v) is 6.79. The second-order valence-electron chi connectivity index (χ2n) is 3.68. The monoisotopic (exact) mass is 344 g/mol. The Bertz CT molecular complexity index is 249. The fourth-order valence-corrected chi connectivity index (χ4v) is 2.40. The highest BCUT2D eigenvalue weighted by molar-refractivity contribution is 14.2. The van der Waals surface area contributed by atoms with Crippen LogP contribution in [-0.4, -0.2) is 35.4 Å². The predicted octanol–water partition coefficient (Wildman–Crippen LogP) is 1.57. The average molecular weight is 344 g/mol. The standard InChI is InChI=1S/C8H15BIO4P/c1-4(15(9)10)3-6(8(13)14)5(2)7(11)12/h4-6H,3,9H2,1-2H3,(H,11,12)(H,13,14). The minimum absolute atomic E-state index is 0.249. The van der Waals surface area contributed by atoms with Crippen molar-refractivity contribution in [3.8, 4) is 0 Å². The molecule has 0 aromatic carbocycles. The molecular weight excluding hydrogens is 329 g/mol. The second-order valence-corrected chi connectivity index (χ2v) is 10.2. The van der Waals surface area contributed by atoms with Crippen molar-refractivity contribution in [3.63, 3.8) is 0 Å². The molecule has 0 spiro atoms. The summed E-state index contributed by atoms with van der Waals surface area (Å²) < 4.78 is 0. The molecule has 86 valence electrons. The smallest absolute Gasteiger partial charge is 0.307 e. The zero-order valence-corrected chi connectivity index (χ0v) is 12.0. The number of halogens is 1. The summed E-state index contributed by atoms with van der Waals surface area (Å²) >= 11 is 2.29. The first-order chi connectivity index (χ1) is 6.77. The number of carboxylic acid groups (broad SMARTS) is 2. The van der Waals surface area contributed by atoms with Crippen LogP contribution in [0.2, 0.25) is 0 Å². The van der Waals surface area contributed by atoms with E-state index in [9.17, 15) is 9.59 Å². The number of carbonyl (C=O) groups is 2. The van der Waals surface area contributed by atoms with E-state index < -0.39 is 23.8 Å². The van der Waals surface area contributed by atoms with Crippen LogP contribution in [0.1, 0.15) is 20.3 Å². The lowest BCUT2D eigenvalue weighted by Crippen LogP contribution is -2.29. The van der Waals surface area contributed by atoms with Gasteiger partial charge in [-0.05, 0) is 12.1 Å². The number of rotatable bonds is 6. The number of hydrogen-bond donors (Lipinski definition) is 2. The number of aliphatic carboxylic acids is 2. The van der Waals surface area contributed by atoms with E-state index >= 15 is 0 Å². The number of carboxylic acids is 2. The first kappa shape index (κ1) is 15.2. The normalized spacial score (nSPS) is 18.9. The Labute approximate surface area is 104 Å². The highest BCUT2D eigenvalue weighted by atomic mass is 127. The summed E-state index contributed by atoms with van der Waals surface area (Å²) in [6.07, 6.45) is 0.438. The molecule has 0 aromatic rings. The summed E-state index contributed by atoms with van der Waals surface area (Å²) in [5.41, 5.74) is 0.0179. The summed E-state index contributed by atoms with van der Waals surface area (Å²) in [6, 6.07) is 0. The molecule has 0 saturated heterocycles. The van der Waals surface area contributed by atoms with E-state index in [1.807, 2.05) is 6.92 Å². The van der Waals surface area contributed by atoms with Crippen LogP contribution < -0.4 is 0 Å². The molecule has 0 heterocycles. The van der Waals surface area contributed by atoms with Gasteiger partial charge in [0, 0.05) is 0 Å². The van der Waals surface area contributed by atoms with Gasteiger partial charge in [-0.3, -0.25) is 9.59 Å². The van der Waals surface area contributed by atoms with Crippen LogP contribution in [0.3, 0.4) is 0 Å². The van der Waals surface area contributed by atoms with Crippen molar-refractivity contribution in [1.82, 2.24) is 0 Å². The lowest BCUT2D eigenvalue weighted by molar-refractivity contribution is -0.153. The van der Waals surface area contributed by atoms with E-state index in [0.29, 0.717) is 6.42 Å². The Morgan fingerprint density at radius 2 is 1.80 bits per heavy atom. The minimum Gasteiger partial charge on any atom is -0.481 e. The molecule has 4 nitrogen and oxygen atoms in total. The predicted molar refractivity (Wildman–Crippen MR) is 71.5 cm³/mol. The van der Waals surface area contributed by atoms with E-state index in [1.54, 1.807) is 0 Å². The molecule has 0 aliphatic rings. The Morgan fingerprint density at radius 3 is 2.07 bits per heavy atom. The SMILES string of the molecule is BP(I)C(C)CC(C(=O)O)C(C)C(=O)O. The Balaban J connectivity index is 4.55. The van der Waals surface area contributed by atoms with Crippen LogP contribution in [0.4, 0.5) is 0 Å². The van der Waals surface area contributed by atoms with Crippen LogP contribution in [0.15, 0.2) is 0 Å². The van der Waals surface area contributed by atoms with E-state index in [-0.39, 0.29) is 11.1 Å². The maximum atomic E-state index is 10.9. The van der Waals surface area contributed by atoms with Crippen molar-refractivity contribution >= 4 is 47.0 Å². The van der Waals surface area contributed by atoms with Gasteiger partial charge in [0.15, 0.2) is 0 Å². The van der Waals surface area contributed by atoms with Crippen molar-refractivity contribution in [2.75, 3.05) is 0 Å². The van der Waals surface area contributed by atoms with Gasteiger partial charge in [0.1, 0.15) is 7.57 Å². The fraction of sp³-hybridized carbons (Fsp3) is 0.750. The van der Waals surface area contributed by atoms with Gasteiger partial charge < -0.3 is 10.2 Å². The third-order valence-electron chi connectivity index (χ3n) is 2.51. The van der Waals surface area contributed by atoms with E-state index in [0.717, 1.165) is 0 Å². The topological polar surface area (TPSA) is 74.6 Å². The van der Waals surface area contributed by atoms with E-state index in [4.69, 9.17) is 10.2 Å². The lowest BCUT2D eigenvalue weighted by Gasteiger charge is -2.22. The highest BCUT2D eigenvalue weighted by Crippen LogP contribution is 2.47. The van der Waals surface area contributed by atoms with Crippen LogP contribution in [-0.2, 0) is 9.59 Å².